The summed E-state index contributed by atoms with van der Waals surface area (Å²) in [4.78, 5) is 11.5. The molecule has 1 aromatic rings. The molecule has 0 aromatic heterocycles. The lowest BCUT2D eigenvalue weighted by Crippen LogP contribution is -2.28. The smallest absolute Gasteiger partial charge is 0.344 e. The fourth-order valence-corrected chi connectivity index (χ4v) is 2.82. The third-order valence-corrected chi connectivity index (χ3v) is 5.79. The number of carbonyl (C=O) groups excluding carboxylic acids is 1. The number of carbonyl (C=O) groups is 1. The lowest BCUT2D eigenvalue weighted by molar-refractivity contribution is 0.0489. The number of esters is 1. The van der Waals surface area contributed by atoms with Gasteiger partial charge < -0.3 is 9.16 Å². The van der Waals surface area contributed by atoms with Gasteiger partial charge in [0.05, 0.1) is 6.61 Å². The third kappa shape index (κ3) is 4.04. The van der Waals surface area contributed by atoms with Crippen LogP contribution in [-0.2, 0) is 9.16 Å². The Kier molecular flexibility index (Phi) is 6.06. The molecule has 0 saturated heterocycles. The lowest BCUT2D eigenvalue weighted by atomic mass is 10.1. The second-order valence-electron chi connectivity index (χ2n) is 5.15. The van der Waals surface area contributed by atoms with Gasteiger partial charge in [0.2, 0.25) is 5.82 Å². The number of hydrogen-bond acceptors (Lipinski definition) is 3. The minimum absolute atomic E-state index is 0.210. The van der Waals surface area contributed by atoms with Crippen LogP contribution >= 0.6 is 0 Å². The average molecular weight is 342 g/mol. The number of rotatable bonds is 6. The Hall–Kier alpha value is -1.48. The number of hydrogen-bond donors (Lipinski definition) is 0. The molecular formula is C13H15F5O3Si. The van der Waals surface area contributed by atoms with Crippen molar-refractivity contribution in [3.05, 3.63) is 34.6 Å². The predicted octanol–water partition coefficient (Wildman–Crippen LogP) is 3.78. The zero-order valence-corrected chi connectivity index (χ0v) is 13.2. The van der Waals surface area contributed by atoms with Crippen LogP contribution in [-0.4, -0.2) is 28.0 Å². The maximum absolute atomic E-state index is 13.4. The van der Waals surface area contributed by atoms with E-state index < -0.39 is 48.9 Å². The largest absolute Gasteiger partial charge is 0.462 e. The molecular weight excluding hydrogens is 327 g/mol. The molecule has 22 heavy (non-hydrogen) atoms. The van der Waals surface area contributed by atoms with Crippen LogP contribution in [0.3, 0.4) is 0 Å². The summed E-state index contributed by atoms with van der Waals surface area (Å²) in [5, 5.41) is 0. The second-order valence-corrected chi connectivity index (χ2v) is 9.58. The normalized spacial score (nSPS) is 11.6. The van der Waals surface area contributed by atoms with Crippen LogP contribution in [0.15, 0.2) is 0 Å². The van der Waals surface area contributed by atoms with Crippen LogP contribution < -0.4 is 0 Å². The van der Waals surface area contributed by atoms with Gasteiger partial charge in [-0.05, 0) is 25.6 Å². The first kappa shape index (κ1) is 18.6. The predicted molar refractivity (Wildman–Crippen MR) is 70.4 cm³/mol. The minimum Gasteiger partial charge on any atom is -0.462 e. The molecule has 9 heteroatoms. The summed E-state index contributed by atoms with van der Waals surface area (Å²) in [5.74, 6) is -12.7. The Morgan fingerprint density at radius 2 is 1.41 bits per heavy atom. The van der Waals surface area contributed by atoms with Crippen molar-refractivity contribution in [2.75, 3.05) is 13.7 Å². The molecule has 0 N–H and O–H groups in total. The van der Waals surface area contributed by atoms with Crippen molar-refractivity contribution in [3.8, 4) is 0 Å². The van der Waals surface area contributed by atoms with E-state index in [0.29, 0.717) is 12.5 Å². The third-order valence-electron chi connectivity index (χ3n) is 3.12. The van der Waals surface area contributed by atoms with E-state index in [1.54, 1.807) is 7.11 Å². The second kappa shape index (κ2) is 7.19. The van der Waals surface area contributed by atoms with Gasteiger partial charge in [-0.2, -0.15) is 0 Å². The molecule has 0 unspecified atom stereocenters. The highest BCUT2D eigenvalue weighted by Crippen LogP contribution is 2.23. The molecule has 1 aromatic carbocycles. The van der Waals surface area contributed by atoms with Crippen molar-refractivity contribution in [2.45, 2.75) is 25.6 Å². The summed E-state index contributed by atoms with van der Waals surface area (Å²) < 4.78 is 75.4. The zero-order valence-electron chi connectivity index (χ0n) is 12.2. The standard InChI is InChI=1S/C13H15F5O3Si/c1-20-22(2,3)6-4-5-21-13(19)7-8(14)10(16)12(18)11(17)9(7)15/h4-6H2,1-3H3. The molecule has 124 valence electrons. The van der Waals surface area contributed by atoms with E-state index in [1.807, 2.05) is 13.1 Å². The zero-order chi connectivity index (χ0) is 17.1. The van der Waals surface area contributed by atoms with Crippen LogP contribution in [0, 0.1) is 29.1 Å². The van der Waals surface area contributed by atoms with Crippen molar-refractivity contribution in [2.24, 2.45) is 0 Å². The summed E-state index contributed by atoms with van der Waals surface area (Å²) in [6.45, 7) is 3.62. The topological polar surface area (TPSA) is 35.5 Å². The van der Waals surface area contributed by atoms with Crippen molar-refractivity contribution in [1.29, 1.82) is 0 Å². The summed E-state index contributed by atoms with van der Waals surface area (Å²) in [6, 6.07) is 0.605. The van der Waals surface area contributed by atoms with E-state index in [4.69, 9.17) is 4.43 Å². The maximum Gasteiger partial charge on any atom is 0.344 e. The van der Waals surface area contributed by atoms with Crippen LogP contribution in [0.5, 0.6) is 0 Å². The van der Waals surface area contributed by atoms with Crippen LogP contribution in [0.2, 0.25) is 19.1 Å². The monoisotopic (exact) mass is 342 g/mol. The van der Waals surface area contributed by atoms with Crippen molar-refractivity contribution in [3.63, 3.8) is 0 Å². The first-order valence-corrected chi connectivity index (χ1v) is 9.47. The van der Waals surface area contributed by atoms with Gasteiger partial charge in [-0.1, -0.05) is 0 Å². The average Bonchev–Trinajstić information content (AvgIpc) is 2.48. The van der Waals surface area contributed by atoms with E-state index >= 15 is 0 Å². The first-order valence-electron chi connectivity index (χ1n) is 6.36. The molecule has 0 radical (unpaired) electrons. The molecule has 0 saturated carbocycles. The Morgan fingerprint density at radius 3 is 1.86 bits per heavy atom. The molecule has 0 amide bonds. The van der Waals surface area contributed by atoms with Crippen molar-refractivity contribution in [1.82, 2.24) is 0 Å². The molecule has 0 bridgehead atoms. The number of ether oxygens (including phenoxy) is 1. The Bertz CT molecular complexity index is 548. The molecule has 0 heterocycles. The summed E-state index contributed by atoms with van der Waals surface area (Å²) in [7, 11) is -0.336. The van der Waals surface area contributed by atoms with E-state index in [2.05, 4.69) is 4.74 Å². The molecule has 0 fully saturated rings. The van der Waals surface area contributed by atoms with E-state index in [0.717, 1.165) is 0 Å². The van der Waals surface area contributed by atoms with E-state index in [1.165, 1.54) is 0 Å². The van der Waals surface area contributed by atoms with Gasteiger partial charge >= 0.3 is 5.97 Å². The van der Waals surface area contributed by atoms with Gasteiger partial charge in [0.25, 0.3) is 0 Å². The Morgan fingerprint density at radius 1 is 0.955 bits per heavy atom. The highest BCUT2D eigenvalue weighted by molar-refractivity contribution is 6.71. The summed E-state index contributed by atoms with van der Waals surface area (Å²) >= 11 is 0. The molecule has 3 nitrogen and oxygen atoms in total. The van der Waals surface area contributed by atoms with Gasteiger partial charge in [-0.15, -0.1) is 0 Å². The van der Waals surface area contributed by atoms with Gasteiger partial charge in [0, 0.05) is 7.11 Å². The molecule has 0 aliphatic rings. The molecule has 0 aliphatic carbocycles. The summed E-state index contributed by atoms with van der Waals surface area (Å²) in [6.07, 6.45) is 0.355. The van der Waals surface area contributed by atoms with Gasteiger partial charge in [0.1, 0.15) is 5.56 Å². The SMILES string of the molecule is CO[Si](C)(C)CCCOC(=O)c1c(F)c(F)c(F)c(F)c1F. The quantitative estimate of drug-likeness (QED) is 0.197. The fourth-order valence-electron chi connectivity index (χ4n) is 1.62. The minimum atomic E-state index is -2.32. The van der Waals surface area contributed by atoms with Crippen molar-refractivity contribution >= 4 is 14.3 Å². The van der Waals surface area contributed by atoms with Crippen LogP contribution in [0.1, 0.15) is 16.8 Å². The maximum atomic E-state index is 13.4. The Labute approximate surface area is 125 Å². The van der Waals surface area contributed by atoms with E-state index in [-0.39, 0.29) is 6.61 Å². The molecule has 0 spiro atoms. The van der Waals surface area contributed by atoms with Crippen LogP contribution in [0.4, 0.5) is 22.0 Å². The molecule has 0 atom stereocenters. The number of halogens is 5. The summed E-state index contributed by atoms with van der Waals surface area (Å²) in [5.41, 5.74) is -1.58. The van der Waals surface area contributed by atoms with Gasteiger partial charge in [-0.3, -0.25) is 0 Å². The highest BCUT2D eigenvalue weighted by atomic mass is 28.4. The highest BCUT2D eigenvalue weighted by Gasteiger charge is 2.30. The van der Waals surface area contributed by atoms with Crippen molar-refractivity contribution < 1.29 is 35.9 Å². The lowest BCUT2D eigenvalue weighted by Gasteiger charge is -2.19. The number of benzene rings is 1. The molecule has 1 rings (SSSR count). The van der Waals surface area contributed by atoms with Crippen LogP contribution in [0.25, 0.3) is 0 Å². The van der Waals surface area contributed by atoms with E-state index in [9.17, 15) is 26.7 Å². The first-order chi connectivity index (χ1) is 10.1. The van der Waals surface area contributed by atoms with Gasteiger partial charge in [-0.25, -0.2) is 26.7 Å². The van der Waals surface area contributed by atoms with Gasteiger partial charge in [0.15, 0.2) is 31.6 Å². The molecule has 0 aliphatic heterocycles. The Balaban J connectivity index is 2.79. The fraction of sp³-hybridized carbons (Fsp3) is 0.462.